The Morgan fingerprint density at radius 2 is 1.75 bits per heavy atom. The van der Waals surface area contributed by atoms with Crippen molar-refractivity contribution in [3.05, 3.63) is 34.4 Å². The van der Waals surface area contributed by atoms with E-state index < -0.39 is 0 Å². The molecule has 108 valence electrons. The van der Waals surface area contributed by atoms with Crippen molar-refractivity contribution in [1.29, 1.82) is 0 Å². The minimum Gasteiger partial charge on any atom is -0.294 e. The third kappa shape index (κ3) is 1.58. The monoisotopic (exact) mass is 270 g/mol. The maximum Gasteiger partial charge on any atom is 0.163 e. The predicted octanol–water partition coefficient (Wildman–Crippen LogP) is 4.99. The van der Waals surface area contributed by atoms with Gasteiger partial charge in [0.05, 0.1) is 0 Å². The van der Waals surface area contributed by atoms with Crippen molar-refractivity contribution in [3.63, 3.8) is 0 Å². The predicted molar refractivity (Wildman–Crippen MR) is 83.4 cm³/mol. The van der Waals surface area contributed by atoms with Crippen LogP contribution in [-0.4, -0.2) is 5.78 Å². The van der Waals surface area contributed by atoms with Gasteiger partial charge in [-0.05, 0) is 50.5 Å². The lowest BCUT2D eigenvalue weighted by molar-refractivity contribution is -0.123. The molecule has 0 fully saturated rings. The Bertz CT molecular complexity index is 565. The third-order valence-electron chi connectivity index (χ3n) is 6.04. The first-order valence-electron chi connectivity index (χ1n) is 7.86. The maximum absolute atomic E-state index is 13.0. The summed E-state index contributed by atoms with van der Waals surface area (Å²) >= 11 is 0. The topological polar surface area (TPSA) is 17.1 Å². The Hall–Kier alpha value is -1.11. The van der Waals surface area contributed by atoms with Gasteiger partial charge >= 0.3 is 0 Å². The summed E-state index contributed by atoms with van der Waals surface area (Å²) in [6.07, 6.45) is 8.42. The molecule has 1 heteroatoms. The molecule has 0 aliphatic heterocycles. The molecule has 0 spiro atoms. The van der Waals surface area contributed by atoms with Gasteiger partial charge in [-0.25, -0.2) is 0 Å². The summed E-state index contributed by atoms with van der Waals surface area (Å²) in [5.41, 5.74) is 5.74. The van der Waals surface area contributed by atoms with E-state index in [0.717, 1.165) is 31.3 Å². The highest BCUT2D eigenvalue weighted by Gasteiger charge is 2.58. The molecule has 3 aliphatic rings. The van der Waals surface area contributed by atoms with Gasteiger partial charge < -0.3 is 0 Å². The van der Waals surface area contributed by atoms with Crippen molar-refractivity contribution >= 4 is 5.78 Å². The van der Waals surface area contributed by atoms with Crippen LogP contribution < -0.4 is 0 Å². The molecule has 0 N–H and O–H groups in total. The number of carbonyl (C=O) groups excluding carboxylic acids is 1. The zero-order valence-corrected chi connectivity index (χ0v) is 13.5. The molecular formula is C19H26O. The Morgan fingerprint density at radius 3 is 2.40 bits per heavy atom. The highest BCUT2D eigenvalue weighted by molar-refractivity contribution is 6.03. The molecule has 0 bridgehead atoms. The Labute approximate surface area is 122 Å². The maximum atomic E-state index is 13.0. The van der Waals surface area contributed by atoms with Gasteiger partial charge in [-0.1, -0.05) is 49.6 Å². The lowest BCUT2D eigenvalue weighted by atomic mass is 9.53. The van der Waals surface area contributed by atoms with Crippen LogP contribution in [0.4, 0.5) is 0 Å². The number of hydrogen-bond acceptors (Lipinski definition) is 1. The molecule has 0 heterocycles. The summed E-state index contributed by atoms with van der Waals surface area (Å²) in [6, 6.07) is 0. The molecule has 0 aromatic rings. The lowest BCUT2D eigenvalue weighted by Gasteiger charge is -2.49. The molecule has 3 rings (SSSR count). The SMILES string of the molecule is CC1=C(C)CC2=C(C1)C(=O)[C@@H]1CC=CC[C@]21C(C)(C)C. The van der Waals surface area contributed by atoms with E-state index in [4.69, 9.17) is 0 Å². The van der Waals surface area contributed by atoms with Crippen LogP contribution in [0.3, 0.4) is 0 Å². The zero-order valence-electron chi connectivity index (χ0n) is 13.5. The fraction of sp³-hybridized carbons (Fsp3) is 0.632. The van der Waals surface area contributed by atoms with Crippen molar-refractivity contribution in [3.8, 4) is 0 Å². The van der Waals surface area contributed by atoms with E-state index in [-0.39, 0.29) is 16.7 Å². The normalized spacial score (nSPS) is 33.6. The summed E-state index contributed by atoms with van der Waals surface area (Å²) in [5, 5.41) is 0. The van der Waals surface area contributed by atoms with Gasteiger partial charge in [-0.2, -0.15) is 0 Å². The summed E-state index contributed by atoms with van der Waals surface area (Å²) in [5.74, 6) is 0.641. The van der Waals surface area contributed by atoms with Gasteiger partial charge in [-0.3, -0.25) is 4.79 Å². The zero-order chi connectivity index (χ0) is 14.7. The molecule has 0 unspecified atom stereocenters. The van der Waals surface area contributed by atoms with E-state index in [2.05, 4.69) is 46.8 Å². The van der Waals surface area contributed by atoms with Gasteiger partial charge in [-0.15, -0.1) is 0 Å². The number of ketones is 1. The smallest absolute Gasteiger partial charge is 0.163 e. The van der Waals surface area contributed by atoms with Crippen LogP contribution in [0.15, 0.2) is 34.4 Å². The third-order valence-corrected chi connectivity index (χ3v) is 6.04. The largest absolute Gasteiger partial charge is 0.294 e. The highest BCUT2D eigenvalue weighted by atomic mass is 16.1. The van der Waals surface area contributed by atoms with Crippen LogP contribution in [0, 0.1) is 16.7 Å². The van der Waals surface area contributed by atoms with Crippen LogP contribution in [-0.2, 0) is 4.79 Å². The highest BCUT2D eigenvalue weighted by Crippen LogP contribution is 2.63. The summed E-state index contributed by atoms with van der Waals surface area (Å²) in [6.45, 7) is 11.4. The van der Waals surface area contributed by atoms with Gasteiger partial charge in [0, 0.05) is 11.3 Å². The number of fused-ring (bicyclic) bond motifs is 2. The average molecular weight is 270 g/mol. The fourth-order valence-electron chi connectivity index (χ4n) is 4.71. The molecule has 0 saturated carbocycles. The molecule has 0 radical (unpaired) electrons. The van der Waals surface area contributed by atoms with E-state index in [1.165, 1.54) is 16.7 Å². The van der Waals surface area contributed by atoms with Gasteiger partial charge in [0.15, 0.2) is 5.78 Å². The van der Waals surface area contributed by atoms with Crippen LogP contribution in [0.5, 0.6) is 0 Å². The average Bonchev–Trinajstić information content (AvgIpc) is 2.62. The van der Waals surface area contributed by atoms with Gasteiger partial charge in [0.25, 0.3) is 0 Å². The van der Waals surface area contributed by atoms with E-state index in [9.17, 15) is 4.79 Å². The number of Topliss-reactive ketones (excluding diaryl/α,β-unsaturated/α-hetero) is 1. The number of rotatable bonds is 0. The summed E-state index contributed by atoms with van der Waals surface area (Å²) < 4.78 is 0. The van der Waals surface area contributed by atoms with E-state index >= 15 is 0 Å². The lowest BCUT2D eigenvalue weighted by Crippen LogP contribution is -2.44. The fourth-order valence-corrected chi connectivity index (χ4v) is 4.71. The number of hydrogen-bond donors (Lipinski definition) is 0. The van der Waals surface area contributed by atoms with Crippen molar-refractivity contribution in [2.45, 2.75) is 60.3 Å². The molecule has 2 atom stereocenters. The number of allylic oxidation sites excluding steroid dienone is 6. The Balaban J connectivity index is 2.18. The minimum atomic E-state index is 0.0656. The van der Waals surface area contributed by atoms with Crippen molar-refractivity contribution in [2.75, 3.05) is 0 Å². The first-order valence-corrected chi connectivity index (χ1v) is 7.86. The molecule has 0 saturated heterocycles. The Kier molecular flexibility index (Phi) is 2.90. The standard InChI is InChI=1S/C19H26O/c1-12-10-14-16(11-13(12)2)19(18(3,4)5)9-7-6-8-15(19)17(14)20/h6-7,15H,8-11H2,1-5H3/t15-,19+/m0/s1. The van der Waals surface area contributed by atoms with Gasteiger partial charge in [0.2, 0.25) is 0 Å². The molecule has 3 aliphatic carbocycles. The minimum absolute atomic E-state index is 0.0656. The second kappa shape index (κ2) is 4.19. The van der Waals surface area contributed by atoms with Crippen LogP contribution in [0.25, 0.3) is 0 Å². The van der Waals surface area contributed by atoms with Crippen LogP contribution in [0.1, 0.15) is 60.3 Å². The van der Waals surface area contributed by atoms with Gasteiger partial charge in [0.1, 0.15) is 0 Å². The van der Waals surface area contributed by atoms with Crippen LogP contribution in [0.2, 0.25) is 0 Å². The second-order valence-corrected chi connectivity index (χ2v) is 7.92. The van der Waals surface area contributed by atoms with Crippen molar-refractivity contribution in [1.82, 2.24) is 0 Å². The molecule has 0 aromatic carbocycles. The van der Waals surface area contributed by atoms with E-state index in [1.54, 1.807) is 0 Å². The summed E-state index contributed by atoms with van der Waals surface area (Å²) in [7, 11) is 0. The molecule has 20 heavy (non-hydrogen) atoms. The quantitative estimate of drug-likeness (QED) is 0.566. The first kappa shape index (κ1) is 13.9. The molecular weight excluding hydrogens is 244 g/mol. The van der Waals surface area contributed by atoms with Crippen molar-refractivity contribution in [2.24, 2.45) is 16.7 Å². The Morgan fingerprint density at radius 1 is 1.10 bits per heavy atom. The molecule has 1 nitrogen and oxygen atoms in total. The summed E-state index contributed by atoms with van der Waals surface area (Å²) in [4.78, 5) is 13.0. The first-order chi connectivity index (χ1) is 9.29. The van der Waals surface area contributed by atoms with Crippen molar-refractivity contribution < 1.29 is 4.79 Å². The second-order valence-electron chi connectivity index (χ2n) is 7.92. The van der Waals surface area contributed by atoms with Crippen LogP contribution >= 0.6 is 0 Å². The molecule has 0 aromatic heterocycles. The molecule has 0 amide bonds. The number of carbonyl (C=O) groups is 1. The van der Waals surface area contributed by atoms with E-state index in [0.29, 0.717) is 5.78 Å². The van der Waals surface area contributed by atoms with E-state index in [1.807, 2.05) is 0 Å².